The summed E-state index contributed by atoms with van der Waals surface area (Å²) in [7, 11) is -2.90. The molecule has 0 radical (unpaired) electrons. The van der Waals surface area contributed by atoms with E-state index in [0.717, 1.165) is 44.8 Å². The normalized spacial score (nSPS) is 32.9. The standard InChI is InChI=1S/C15H28N2O2S/c1-20(18,19)15-4-2-3-14(15)17(13-5-6-13)11-12-7-9-16-10-8-12/h12-16H,2-11H2,1H3. The number of hydrogen-bond donors (Lipinski definition) is 1. The Hall–Kier alpha value is -0.130. The minimum atomic E-state index is -2.90. The highest BCUT2D eigenvalue weighted by Crippen LogP contribution is 2.38. The van der Waals surface area contributed by atoms with Gasteiger partial charge < -0.3 is 5.32 Å². The van der Waals surface area contributed by atoms with Gasteiger partial charge in [0.25, 0.3) is 0 Å². The highest BCUT2D eigenvalue weighted by atomic mass is 32.2. The van der Waals surface area contributed by atoms with Crippen LogP contribution < -0.4 is 5.32 Å². The molecule has 5 heteroatoms. The third-order valence-corrected chi connectivity index (χ3v) is 6.99. The lowest BCUT2D eigenvalue weighted by Gasteiger charge is -2.36. The molecular weight excluding hydrogens is 272 g/mol. The van der Waals surface area contributed by atoms with Crippen molar-refractivity contribution in [1.29, 1.82) is 0 Å². The molecule has 1 saturated heterocycles. The average Bonchev–Trinajstić information content (AvgIpc) is 3.12. The summed E-state index contributed by atoms with van der Waals surface area (Å²) < 4.78 is 24.1. The molecule has 1 aliphatic heterocycles. The van der Waals surface area contributed by atoms with Crippen LogP contribution in [-0.2, 0) is 9.84 Å². The number of sulfone groups is 1. The van der Waals surface area contributed by atoms with Gasteiger partial charge in [-0.25, -0.2) is 8.42 Å². The van der Waals surface area contributed by atoms with Gasteiger partial charge in [0, 0.05) is 24.9 Å². The first-order valence-electron chi connectivity index (χ1n) is 8.21. The van der Waals surface area contributed by atoms with E-state index in [0.29, 0.717) is 12.1 Å². The lowest BCUT2D eigenvalue weighted by molar-refractivity contribution is 0.145. The van der Waals surface area contributed by atoms with Crippen molar-refractivity contribution in [1.82, 2.24) is 10.2 Å². The van der Waals surface area contributed by atoms with Crippen LogP contribution in [0.1, 0.15) is 44.9 Å². The zero-order valence-electron chi connectivity index (χ0n) is 12.6. The van der Waals surface area contributed by atoms with Gasteiger partial charge in [-0.1, -0.05) is 6.42 Å². The summed E-state index contributed by atoms with van der Waals surface area (Å²) in [6, 6.07) is 0.977. The Labute approximate surface area is 123 Å². The largest absolute Gasteiger partial charge is 0.317 e. The van der Waals surface area contributed by atoms with Crippen LogP contribution in [0.4, 0.5) is 0 Å². The maximum Gasteiger partial charge on any atom is 0.151 e. The predicted molar refractivity (Wildman–Crippen MR) is 81.6 cm³/mol. The molecule has 4 nitrogen and oxygen atoms in total. The summed E-state index contributed by atoms with van der Waals surface area (Å²) in [5.41, 5.74) is 0. The van der Waals surface area contributed by atoms with E-state index >= 15 is 0 Å². The van der Waals surface area contributed by atoms with Crippen LogP contribution in [0.25, 0.3) is 0 Å². The number of nitrogens with one attached hydrogen (secondary N) is 1. The molecule has 0 aromatic rings. The summed E-state index contributed by atoms with van der Waals surface area (Å²) in [6.45, 7) is 3.38. The Morgan fingerprint density at radius 3 is 2.35 bits per heavy atom. The second-order valence-electron chi connectivity index (χ2n) is 6.99. The smallest absolute Gasteiger partial charge is 0.151 e. The highest BCUT2D eigenvalue weighted by Gasteiger charge is 2.44. The van der Waals surface area contributed by atoms with E-state index in [4.69, 9.17) is 0 Å². The summed E-state index contributed by atoms with van der Waals surface area (Å²) in [6.07, 6.45) is 9.52. The van der Waals surface area contributed by atoms with E-state index in [1.807, 2.05) is 0 Å². The first kappa shape index (κ1) is 14.8. The summed E-state index contributed by atoms with van der Waals surface area (Å²) in [4.78, 5) is 2.59. The van der Waals surface area contributed by atoms with Gasteiger partial charge in [0.1, 0.15) is 0 Å². The van der Waals surface area contributed by atoms with Gasteiger partial charge in [0.05, 0.1) is 5.25 Å². The minimum absolute atomic E-state index is 0.107. The number of hydrogen-bond acceptors (Lipinski definition) is 4. The summed E-state index contributed by atoms with van der Waals surface area (Å²) >= 11 is 0. The van der Waals surface area contributed by atoms with Gasteiger partial charge in [-0.2, -0.15) is 0 Å². The van der Waals surface area contributed by atoms with Crippen molar-refractivity contribution in [2.45, 2.75) is 62.3 Å². The molecule has 2 atom stereocenters. The lowest BCUT2D eigenvalue weighted by atomic mass is 9.96. The molecule has 0 bridgehead atoms. The van der Waals surface area contributed by atoms with Crippen molar-refractivity contribution in [2.24, 2.45) is 5.92 Å². The minimum Gasteiger partial charge on any atom is -0.317 e. The molecule has 0 aromatic carbocycles. The Morgan fingerprint density at radius 2 is 1.75 bits per heavy atom. The fraction of sp³-hybridized carbons (Fsp3) is 1.00. The van der Waals surface area contributed by atoms with E-state index in [9.17, 15) is 8.42 Å². The van der Waals surface area contributed by atoms with E-state index in [2.05, 4.69) is 10.2 Å². The zero-order valence-corrected chi connectivity index (χ0v) is 13.4. The molecule has 3 fully saturated rings. The second kappa shape index (κ2) is 5.93. The quantitative estimate of drug-likeness (QED) is 0.834. The first-order valence-corrected chi connectivity index (χ1v) is 10.2. The second-order valence-corrected chi connectivity index (χ2v) is 9.25. The number of nitrogens with zero attached hydrogens (tertiary/aromatic N) is 1. The van der Waals surface area contributed by atoms with Gasteiger partial charge in [-0.05, 0) is 57.5 Å². The Balaban J connectivity index is 1.69. The van der Waals surface area contributed by atoms with Crippen molar-refractivity contribution >= 4 is 9.84 Å². The van der Waals surface area contributed by atoms with Crippen LogP contribution in [0.2, 0.25) is 0 Å². The van der Waals surface area contributed by atoms with Crippen molar-refractivity contribution in [2.75, 3.05) is 25.9 Å². The molecule has 1 N–H and O–H groups in total. The van der Waals surface area contributed by atoms with Crippen molar-refractivity contribution in [3.63, 3.8) is 0 Å². The molecule has 0 spiro atoms. The molecule has 2 unspecified atom stereocenters. The monoisotopic (exact) mass is 300 g/mol. The molecule has 0 amide bonds. The van der Waals surface area contributed by atoms with E-state index in [1.165, 1.54) is 31.9 Å². The van der Waals surface area contributed by atoms with E-state index in [1.54, 1.807) is 0 Å². The molecule has 1 heterocycles. The number of piperidine rings is 1. The predicted octanol–water partition coefficient (Wildman–Crippen LogP) is 1.42. The highest BCUT2D eigenvalue weighted by molar-refractivity contribution is 7.91. The van der Waals surface area contributed by atoms with Crippen molar-refractivity contribution < 1.29 is 8.42 Å². The molecule has 3 aliphatic rings. The van der Waals surface area contributed by atoms with Gasteiger partial charge in [0.2, 0.25) is 0 Å². The third kappa shape index (κ3) is 3.37. The lowest BCUT2D eigenvalue weighted by Crippen LogP contribution is -2.48. The van der Waals surface area contributed by atoms with Crippen LogP contribution in [0.3, 0.4) is 0 Å². The molecule has 20 heavy (non-hydrogen) atoms. The Kier molecular flexibility index (Phi) is 4.39. The Bertz CT molecular complexity index is 427. The van der Waals surface area contributed by atoms with Crippen molar-refractivity contribution in [3.8, 4) is 0 Å². The van der Waals surface area contributed by atoms with Gasteiger partial charge >= 0.3 is 0 Å². The van der Waals surface area contributed by atoms with Crippen molar-refractivity contribution in [3.05, 3.63) is 0 Å². The molecule has 2 aliphatic carbocycles. The average molecular weight is 300 g/mol. The van der Waals surface area contributed by atoms with Gasteiger partial charge in [-0.3, -0.25) is 4.90 Å². The molecule has 2 saturated carbocycles. The van der Waals surface area contributed by atoms with Gasteiger partial charge in [0.15, 0.2) is 9.84 Å². The van der Waals surface area contributed by atoms with Crippen LogP contribution in [0.15, 0.2) is 0 Å². The van der Waals surface area contributed by atoms with Crippen LogP contribution >= 0.6 is 0 Å². The van der Waals surface area contributed by atoms with E-state index < -0.39 is 9.84 Å². The Morgan fingerprint density at radius 1 is 1.05 bits per heavy atom. The number of rotatable bonds is 5. The first-order chi connectivity index (χ1) is 9.55. The summed E-state index contributed by atoms with van der Waals surface area (Å²) in [5.74, 6) is 0.762. The van der Waals surface area contributed by atoms with Crippen LogP contribution in [0, 0.1) is 5.92 Å². The van der Waals surface area contributed by atoms with Crippen LogP contribution in [0.5, 0.6) is 0 Å². The molecular formula is C15H28N2O2S. The molecule has 116 valence electrons. The van der Waals surface area contributed by atoms with Gasteiger partial charge in [-0.15, -0.1) is 0 Å². The maximum absolute atomic E-state index is 12.0. The topological polar surface area (TPSA) is 49.4 Å². The third-order valence-electron chi connectivity index (χ3n) is 5.34. The van der Waals surface area contributed by atoms with E-state index in [-0.39, 0.29) is 5.25 Å². The zero-order chi connectivity index (χ0) is 14.2. The fourth-order valence-electron chi connectivity index (χ4n) is 4.11. The fourth-order valence-corrected chi connectivity index (χ4v) is 5.57. The maximum atomic E-state index is 12.0. The molecule has 3 rings (SSSR count). The SMILES string of the molecule is CS(=O)(=O)C1CCCC1N(CC1CCNCC1)C1CC1. The van der Waals surface area contributed by atoms with Crippen LogP contribution in [-0.4, -0.2) is 56.5 Å². The summed E-state index contributed by atoms with van der Waals surface area (Å²) in [5, 5.41) is 3.31. The molecule has 0 aromatic heterocycles.